The first-order valence-electron chi connectivity index (χ1n) is 9.74. The van der Waals surface area contributed by atoms with E-state index in [0.29, 0.717) is 22.0 Å². The predicted octanol–water partition coefficient (Wildman–Crippen LogP) is 4.72. The molecule has 1 aliphatic rings. The molecule has 0 unspecified atom stereocenters. The summed E-state index contributed by atoms with van der Waals surface area (Å²) in [5.41, 5.74) is 2.22. The summed E-state index contributed by atoms with van der Waals surface area (Å²) in [6.45, 7) is 4.25. The van der Waals surface area contributed by atoms with Gasteiger partial charge in [-0.15, -0.1) is 11.3 Å². The molecule has 1 amide bonds. The van der Waals surface area contributed by atoms with Crippen LogP contribution in [0, 0.1) is 11.7 Å². The fourth-order valence-corrected chi connectivity index (χ4v) is 4.96. The molecule has 1 atom stereocenters. The van der Waals surface area contributed by atoms with Gasteiger partial charge in [-0.05, 0) is 73.7 Å². The Morgan fingerprint density at radius 1 is 1.33 bits per heavy atom. The molecule has 0 aliphatic heterocycles. The summed E-state index contributed by atoms with van der Waals surface area (Å²) < 4.78 is 18.2. The van der Waals surface area contributed by atoms with Crippen molar-refractivity contribution < 1.29 is 18.7 Å². The minimum atomic E-state index is -0.426. The zero-order valence-corrected chi connectivity index (χ0v) is 18.4. The molecule has 0 radical (unpaired) electrons. The van der Waals surface area contributed by atoms with E-state index in [2.05, 4.69) is 17.6 Å². The molecule has 2 N–H and O–H groups in total. The minimum absolute atomic E-state index is 0.0981. The Morgan fingerprint density at radius 2 is 2.07 bits per heavy atom. The quantitative estimate of drug-likeness (QED) is 0.395. The first-order chi connectivity index (χ1) is 14.4. The summed E-state index contributed by atoms with van der Waals surface area (Å²) in [6, 6.07) is 5.77. The third-order valence-electron chi connectivity index (χ3n) is 4.75. The van der Waals surface area contributed by atoms with Crippen LogP contribution in [0.3, 0.4) is 0 Å². The Labute approximate surface area is 184 Å². The van der Waals surface area contributed by atoms with E-state index in [0.717, 1.165) is 29.7 Å². The zero-order chi connectivity index (χ0) is 21.7. The van der Waals surface area contributed by atoms with Crippen molar-refractivity contribution in [1.29, 1.82) is 0 Å². The van der Waals surface area contributed by atoms with Crippen LogP contribution >= 0.6 is 23.6 Å². The summed E-state index contributed by atoms with van der Waals surface area (Å²) in [5.74, 6) is -0.587. The van der Waals surface area contributed by atoms with Crippen LogP contribution in [-0.2, 0) is 22.4 Å². The smallest absolute Gasteiger partial charge is 0.341 e. The number of carbonyl (C=O) groups is 2. The molecule has 1 aliphatic carbocycles. The van der Waals surface area contributed by atoms with Gasteiger partial charge in [0, 0.05) is 11.0 Å². The minimum Gasteiger partial charge on any atom is -0.462 e. The van der Waals surface area contributed by atoms with Crippen LogP contribution in [-0.4, -0.2) is 23.6 Å². The Balaban J connectivity index is 1.70. The standard InChI is InChI=1S/C22H23FN2O3S2/c1-3-28-21(27)19-16-10-4-13(2)12-17(16)30-20(19)25-22(29)24-18(26)11-7-14-5-8-15(23)9-6-14/h5-9,11,13H,3-4,10,12H2,1-2H3,(H2,24,25,26,29)/b11-7+/t13-/m1/s1. The molecule has 3 rings (SSSR count). The van der Waals surface area contributed by atoms with Gasteiger partial charge in [0.1, 0.15) is 10.8 Å². The average molecular weight is 447 g/mol. The number of esters is 1. The molecule has 1 aromatic carbocycles. The third kappa shape index (κ3) is 5.52. The van der Waals surface area contributed by atoms with Gasteiger partial charge in [0.25, 0.3) is 0 Å². The number of halogens is 1. The molecule has 1 heterocycles. The van der Waals surface area contributed by atoms with Gasteiger partial charge < -0.3 is 10.1 Å². The summed E-state index contributed by atoms with van der Waals surface area (Å²) >= 11 is 6.75. The van der Waals surface area contributed by atoms with Gasteiger partial charge in [0.2, 0.25) is 5.91 Å². The van der Waals surface area contributed by atoms with E-state index in [-0.39, 0.29) is 23.5 Å². The fraction of sp³-hybridized carbons (Fsp3) is 0.318. The SMILES string of the molecule is CCOC(=O)c1c(NC(=S)NC(=O)/C=C/c2ccc(F)cc2)sc2c1CC[C@@H](C)C2. The van der Waals surface area contributed by atoms with E-state index in [4.69, 9.17) is 17.0 Å². The van der Waals surface area contributed by atoms with Crippen LogP contribution in [0.4, 0.5) is 9.39 Å². The monoisotopic (exact) mass is 446 g/mol. The number of hydrogen-bond donors (Lipinski definition) is 2. The highest BCUT2D eigenvalue weighted by atomic mass is 32.1. The number of thiocarbonyl (C=S) groups is 1. The van der Waals surface area contributed by atoms with Crippen LogP contribution in [0.15, 0.2) is 30.3 Å². The van der Waals surface area contributed by atoms with Crippen LogP contribution in [0.5, 0.6) is 0 Å². The molecule has 158 valence electrons. The molecular formula is C22H23FN2O3S2. The van der Waals surface area contributed by atoms with Crippen molar-refractivity contribution in [3.63, 3.8) is 0 Å². The predicted molar refractivity (Wildman–Crippen MR) is 121 cm³/mol. The van der Waals surface area contributed by atoms with E-state index in [1.807, 2.05) is 0 Å². The molecule has 1 aromatic heterocycles. The number of hydrogen-bond acceptors (Lipinski definition) is 5. The van der Waals surface area contributed by atoms with Crippen molar-refractivity contribution >= 4 is 51.6 Å². The van der Waals surface area contributed by atoms with Crippen molar-refractivity contribution in [2.45, 2.75) is 33.1 Å². The van der Waals surface area contributed by atoms with E-state index >= 15 is 0 Å². The summed E-state index contributed by atoms with van der Waals surface area (Å²) in [7, 11) is 0. The highest BCUT2D eigenvalue weighted by Crippen LogP contribution is 2.40. The fourth-order valence-electron chi connectivity index (χ4n) is 3.29. The number of fused-ring (bicyclic) bond motifs is 1. The second kappa shape index (κ2) is 9.95. The van der Waals surface area contributed by atoms with Gasteiger partial charge >= 0.3 is 5.97 Å². The van der Waals surface area contributed by atoms with Crippen molar-refractivity contribution in [3.05, 3.63) is 57.7 Å². The number of amides is 1. The maximum Gasteiger partial charge on any atom is 0.341 e. The summed E-state index contributed by atoms with van der Waals surface area (Å²) in [5, 5.41) is 6.26. The van der Waals surface area contributed by atoms with Crippen LogP contribution in [0.25, 0.3) is 6.08 Å². The first kappa shape index (κ1) is 22.1. The van der Waals surface area contributed by atoms with Gasteiger partial charge in [0.15, 0.2) is 5.11 Å². The molecule has 0 spiro atoms. The normalized spacial score (nSPS) is 15.5. The Bertz CT molecular complexity index is 983. The Morgan fingerprint density at radius 3 is 2.77 bits per heavy atom. The molecule has 0 saturated heterocycles. The lowest BCUT2D eigenvalue weighted by molar-refractivity contribution is -0.115. The van der Waals surface area contributed by atoms with Gasteiger partial charge in [-0.25, -0.2) is 9.18 Å². The van der Waals surface area contributed by atoms with E-state index in [9.17, 15) is 14.0 Å². The topological polar surface area (TPSA) is 67.4 Å². The first-order valence-corrected chi connectivity index (χ1v) is 11.0. The lowest BCUT2D eigenvalue weighted by atomic mass is 9.88. The number of rotatable bonds is 5. The van der Waals surface area contributed by atoms with Crippen LogP contribution in [0.2, 0.25) is 0 Å². The molecule has 5 nitrogen and oxygen atoms in total. The maximum atomic E-state index is 12.9. The number of nitrogens with one attached hydrogen (secondary N) is 2. The Hall–Kier alpha value is -2.58. The second-order valence-electron chi connectivity index (χ2n) is 7.10. The van der Waals surface area contributed by atoms with Gasteiger partial charge in [0.05, 0.1) is 12.2 Å². The van der Waals surface area contributed by atoms with Gasteiger partial charge in [-0.3, -0.25) is 10.1 Å². The summed E-state index contributed by atoms with van der Waals surface area (Å²) in [4.78, 5) is 25.9. The molecule has 0 bridgehead atoms. The molecule has 8 heteroatoms. The maximum absolute atomic E-state index is 12.9. The van der Waals surface area contributed by atoms with Crippen molar-refractivity contribution in [2.24, 2.45) is 5.92 Å². The molecular weight excluding hydrogens is 423 g/mol. The van der Waals surface area contributed by atoms with E-state index in [1.54, 1.807) is 25.1 Å². The van der Waals surface area contributed by atoms with Crippen molar-refractivity contribution in [3.8, 4) is 0 Å². The lowest BCUT2D eigenvalue weighted by Crippen LogP contribution is -2.33. The van der Waals surface area contributed by atoms with Gasteiger partial charge in [-0.1, -0.05) is 19.1 Å². The third-order valence-corrected chi connectivity index (χ3v) is 6.13. The molecule has 30 heavy (non-hydrogen) atoms. The summed E-state index contributed by atoms with van der Waals surface area (Å²) in [6.07, 6.45) is 5.63. The highest BCUT2D eigenvalue weighted by Gasteiger charge is 2.28. The number of anilines is 1. The number of ether oxygens (including phenoxy) is 1. The number of benzene rings is 1. The second-order valence-corrected chi connectivity index (χ2v) is 8.62. The van der Waals surface area contributed by atoms with Crippen LogP contribution in [0.1, 0.15) is 46.6 Å². The number of thiophene rings is 1. The number of carbonyl (C=O) groups excluding carboxylic acids is 2. The van der Waals surface area contributed by atoms with Crippen molar-refractivity contribution in [1.82, 2.24) is 5.32 Å². The van der Waals surface area contributed by atoms with Crippen molar-refractivity contribution in [2.75, 3.05) is 11.9 Å². The highest BCUT2D eigenvalue weighted by molar-refractivity contribution is 7.80. The van der Waals surface area contributed by atoms with Crippen LogP contribution < -0.4 is 10.6 Å². The van der Waals surface area contributed by atoms with Gasteiger partial charge in [-0.2, -0.15) is 0 Å². The van der Waals surface area contributed by atoms with E-state index in [1.165, 1.54) is 29.5 Å². The average Bonchev–Trinajstić information content (AvgIpc) is 3.04. The lowest BCUT2D eigenvalue weighted by Gasteiger charge is -2.18. The molecule has 0 fully saturated rings. The Kier molecular flexibility index (Phi) is 7.33. The molecule has 0 saturated carbocycles. The largest absolute Gasteiger partial charge is 0.462 e. The van der Waals surface area contributed by atoms with E-state index < -0.39 is 5.91 Å². The zero-order valence-electron chi connectivity index (χ0n) is 16.8. The molecule has 2 aromatic rings.